The minimum Gasteiger partial charge on any atom is -0.497 e. The van der Waals surface area contributed by atoms with Crippen molar-refractivity contribution in [2.45, 2.75) is 58.6 Å². The summed E-state index contributed by atoms with van der Waals surface area (Å²) in [6.07, 6.45) is 9.17. The minimum absolute atomic E-state index is 0.643. The molecule has 0 saturated carbocycles. The van der Waals surface area contributed by atoms with Crippen molar-refractivity contribution in [2.75, 3.05) is 7.11 Å². The van der Waals surface area contributed by atoms with Gasteiger partial charge in [0.15, 0.2) is 0 Å². The number of methoxy groups -OCH3 is 1. The van der Waals surface area contributed by atoms with E-state index in [1.807, 2.05) is 30.3 Å². The molecule has 1 aromatic heterocycles. The molecule has 0 aliphatic heterocycles. The third-order valence-electron chi connectivity index (χ3n) is 4.33. The molecule has 2 aromatic rings. The number of aryl methyl sites for hydroxylation is 1. The lowest BCUT2D eigenvalue weighted by atomic mass is 10.1. The van der Waals surface area contributed by atoms with Gasteiger partial charge < -0.3 is 14.4 Å². The highest BCUT2D eigenvalue weighted by Gasteiger charge is 2.13. The quantitative estimate of drug-likeness (QED) is 0.495. The maximum Gasteiger partial charge on any atom is 0.119 e. The van der Waals surface area contributed by atoms with Gasteiger partial charge in [0.1, 0.15) is 11.9 Å². The first kappa shape index (κ1) is 18.4. The van der Waals surface area contributed by atoms with Crippen molar-refractivity contribution in [3.05, 3.63) is 47.8 Å². The molecule has 0 saturated heterocycles. The van der Waals surface area contributed by atoms with Gasteiger partial charge in [0.2, 0.25) is 0 Å². The minimum atomic E-state index is -0.643. The summed E-state index contributed by atoms with van der Waals surface area (Å²) in [4.78, 5) is 0. The second-order valence-corrected chi connectivity index (χ2v) is 6.07. The first-order valence-electron chi connectivity index (χ1n) is 8.97. The molecule has 130 valence electrons. The van der Waals surface area contributed by atoms with Crippen molar-refractivity contribution in [3.8, 4) is 5.75 Å². The molecule has 0 amide bonds. The average Bonchev–Trinajstić information content (AvgIpc) is 2.98. The van der Waals surface area contributed by atoms with Crippen LogP contribution in [0.4, 0.5) is 0 Å². The molecule has 2 rings (SSSR count). The molecule has 0 aliphatic carbocycles. The summed E-state index contributed by atoms with van der Waals surface area (Å²) >= 11 is 0. The molecule has 1 N–H and O–H groups in total. The van der Waals surface area contributed by atoms with E-state index in [1.165, 1.54) is 25.7 Å². The van der Waals surface area contributed by atoms with Gasteiger partial charge in [0.25, 0.3) is 0 Å². The lowest BCUT2D eigenvalue weighted by Gasteiger charge is -2.10. The average molecular weight is 327 g/mol. The largest absolute Gasteiger partial charge is 0.497 e. The summed E-state index contributed by atoms with van der Waals surface area (Å²) in [5.41, 5.74) is 5.15. The van der Waals surface area contributed by atoms with Crippen LogP contribution in [-0.4, -0.2) is 16.8 Å². The number of aliphatic hydroxyl groups is 1. The number of fused-ring (bicyclic) bond motifs is 1. The van der Waals surface area contributed by atoms with E-state index in [2.05, 4.69) is 24.1 Å². The van der Waals surface area contributed by atoms with E-state index in [1.54, 1.807) is 13.2 Å². The predicted octanol–water partition coefficient (Wildman–Crippen LogP) is 5.38. The topological polar surface area (TPSA) is 34.4 Å². The summed E-state index contributed by atoms with van der Waals surface area (Å²) < 4.78 is 7.43. The molecule has 1 unspecified atom stereocenters. The van der Waals surface area contributed by atoms with Crippen molar-refractivity contribution in [1.29, 1.82) is 0 Å². The smallest absolute Gasteiger partial charge is 0.119 e. The van der Waals surface area contributed by atoms with Crippen molar-refractivity contribution in [2.24, 2.45) is 0 Å². The van der Waals surface area contributed by atoms with Crippen LogP contribution in [0.2, 0.25) is 0 Å². The Morgan fingerprint density at radius 2 is 2.04 bits per heavy atom. The summed E-state index contributed by atoms with van der Waals surface area (Å²) in [5, 5.41) is 11.6. The van der Waals surface area contributed by atoms with E-state index < -0.39 is 6.10 Å². The second kappa shape index (κ2) is 9.36. The van der Waals surface area contributed by atoms with Crippen LogP contribution >= 0.6 is 0 Å². The molecule has 0 radical (unpaired) electrons. The van der Waals surface area contributed by atoms with Crippen molar-refractivity contribution < 1.29 is 9.84 Å². The van der Waals surface area contributed by atoms with Crippen LogP contribution in [-0.2, 0) is 6.54 Å². The van der Waals surface area contributed by atoms with E-state index in [0.717, 1.165) is 35.3 Å². The Morgan fingerprint density at radius 3 is 2.75 bits per heavy atom. The van der Waals surface area contributed by atoms with Crippen molar-refractivity contribution >= 4 is 10.9 Å². The van der Waals surface area contributed by atoms with Crippen LogP contribution < -0.4 is 4.74 Å². The Hall–Kier alpha value is -1.96. The van der Waals surface area contributed by atoms with Crippen molar-refractivity contribution in [3.63, 3.8) is 0 Å². The first-order chi connectivity index (χ1) is 11.7. The third kappa shape index (κ3) is 4.53. The molecule has 3 heteroatoms. The van der Waals surface area contributed by atoms with Crippen LogP contribution in [0.5, 0.6) is 5.75 Å². The van der Waals surface area contributed by atoms with Gasteiger partial charge in [0.05, 0.1) is 12.8 Å². The van der Waals surface area contributed by atoms with E-state index >= 15 is 0 Å². The Labute approximate surface area is 145 Å². The fourth-order valence-electron chi connectivity index (χ4n) is 3.00. The summed E-state index contributed by atoms with van der Waals surface area (Å²) in [6.45, 7) is 5.12. The normalized spacial score (nSPS) is 12.0. The van der Waals surface area contributed by atoms with Gasteiger partial charge in [-0.2, -0.15) is 0 Å². The maximum absolute atomic E-state index is 10.5. The molecule has 0 spiro atoms. The highest BCUT2D eigenvalue weighted by atomic mass is 16.5. The number of benzene rings is 1. The van der Waals surface area contributed by atoms with Gasteiger partial charge in [0, 0.05) is 17.4 Å². The van der Waals surface area contributed by atoms with Gasteiger partial charge >= 0.3 is 0 Å². The van der Waals surface area contributed by atoms with Crippen molar-refractivity contribution in [1.82, 2.24) is 4.57 Å². The zero-order chi connectivity index (χ0) is 17.4. The number of hydrogen-bond acceptors (Lipinski definition) is 2. The standard InChI is InChI=1S/C21H29NO2/c1-4-6-7-8-9-10-11-12-21(23)20-16-17-15-18(24-3)13-14-19(17)22(20)5-2/h10,12-16,21,23H,4-9H2,1-3H3. The molecule has 1 atom stereocenters. The molecule has 0 fully saturated rings. The zero-order valence-electron chi connectivity index (χ0n) is 15.1. The molecule has 1 aromatic carbocycles. The number of aromatic nitrogens is 1. The number of aliphatic hydroxyl groups excluding tert-OH is 1. The highest BCUT2D eigenvalue weighted by molar-refractivity contribution is 5.83. The van der Waals surface area contributed by atoms with Gasteiger partial charge in [-0.1, -0.05) is 26.2 Å². The number of nitrogens with zero attached hydrogens (tertiary/aromatic N) is 1. The number of rotatable bonds is 9. The number of ether oxygens (including phenoxy) is 1. The number of unbranched alkanes of at least 4 members (excludes halogenated alkanes) is 4. The SMILES string of the molecule is CCCCCCC=C=CC(O)c1cc2cc(OC)ccc2n1CC. The lowest BCUT2D eigenvalue weighted by Crippen LogP contribution is -2.04. The number of hydrogen-bond donors (Lipinski definition) is 1. The van der Waals surface area contributed by atoms with Gasteiger partial charge in [-0.3, -0.25) is 0 Å². The summed E-state index contributed by atoms with van der Waals surface area (Å²) in [7, 11) is 1.67. The van der Waals surface area contributed by atoms with Crippen LogP contribution in [0.15, 0.2) is 42.1 Å². The van der Waals surface area contributed by atoms with Gasteiger partial charge in [-0.15, -0.1) is 5.73 Å². The fourth-order valence-corrected chi connectivity index (χ4v) is 3.00. The van der Waals surface area contributed by atoms with E-state index in [-0.39, 0.29) is 0 Å². The van der Waals surface area contributed by atoms with Gasteiger partial charge in [-0.05, 0) is 56.2 Å². The zero-order valence-corrected chi connectivity index (χ0v) is 15.1. The summed E-state index contributed by atoms with van der Waals surface area (Å²) in [6, 6.07) is 8.04. The molecule has 1 heterocycles. The van der Waals surface area contributed by atoms with Crippen LogP contribution in [0.25, 0.3) is 10.9 Å². The van der Waals surface area contributed by atoms with Crippen LogP contribution in [0.1, 0.15) is 57.7 Å². The fraction of sp³-hybridized carbons (Fsp3) is 0.476. The highest BCUT2D eigenvalue weighted by Crippen LogP contribution is 2.28. The first-order valence-corrected chi connectivity index (χ1v) is 8.97. The third-order valence-corrected chi connectivity index (χ3v) is 4.33. The molecule has 24 heavy (non-hydrogen) atoms. The molecular formula is C21H29NO2. The van der Waals surface area contributed by atoms with Crippen LogP contribution in [0, 0.1) is 0 Å². The monoisotopic (exact) mass is 327 g/mol. The Balaban J connectivity index is 2.13. The Morgan fingerprint density at radius 1 is 1.21 bits per heavy atom. The predicted molar refractivity (Wildman–Crippen MR) is 101 cm³/mol. The van der Waals surface area contributed by atoms with E-state index in [4.69, 9.17) is 4.74 Å². The molecular weight excluding hydrogens is 298 g/mol. The Kier molecular flexibility index (Phi) is 7.17. The maximum atomic E-state index is 10.5. The molecule has 0 bridgehead atoms. The Bertz CT molecular complexity index is 708. The second-order valence-electron chi connectivity index (χ2n) is 6.07. The van der Waals surface area contributed by atoms with Gasteiger partial charge in [-0.25, -0.2) is 0 Å². The van der Waals surface area contributed by atoms with E-state index in [9.17, 15) is 5.11 Å². The van der Waals surface area contributed by atoms with Crippen LogP contribution in [0.3, 0.4) is 0 Å². The summed E-state index contributed by atoms with van der Waals surface area (Å²) in [5.74, 6) is 0.833. The van der Waals surface area contributed by atoms with E-state index in [0.29, 0.717) is 0 Å². The molecule has 0 aliphatic rings. The lowest BCUT2D eigenvalue weighted by molar-refractivity contribution is 0.219. The molecule has 3 nitrogen and oxygen atoms in total.